The maximum Gasteiger partial charge on any atom is 0.257 e. The van der Waals surface area contributed by atoms with Crippen molar-refractivity contribution in [3.63, 3.8) is 0 Å². The van der Waals surface area contributed by atoms with Gasteiger partial charge in [0.25, 0.3) is 5.91 Å². The molecule has 35 heavy (non-hydrogen) atoms. The van der Waals surface area contributed by atoms with E-state index in [4.69, 9.17) is 9.84 Å². The summed E-state index contributed by atoms with van der Waals surface area (Å²) in [6.07, 6.45) is 1.73. The Morgan fingerprint density at radius 2 is 1.74 bits per heavy atom. The number of hydrogen-bond acceptors (Lipinski definition) is 4. The number of carbonyl (C=O) groups is 2. The zero-order valence-electron chi connectivity index (χ0n) is 20.1. The van der Waals surface area contributed by atoms with Crippen molar-refractivity contribution in [1.82, 2.24) is 14.7 Å². The molecule has 0 aliphatic carbocycles. The Bertz CT molecular complexity index is 1310. The predicted molar refractivity (Wildman–Crippen MR) is 137 cm³/mol. The van der Waals surface area contributed by atoms with Gasteiger partial charge in [0, 0.05) is 24.5 Å². The number of aromatic nitrogens is 2. The van der Waals surface area contributed by atoms with Gasteiger partial charge in [0.1, 0.15) is 11.4 Å². The van der Waals surface area contributed by atoms with Crippen LogP contribution in [-0.2, 0) is 11.3 Å². The zero-order chi connectivity index (χ0) is 24.8. The lowest BCUT2D eigenvalue weighted by atomic mass is 10.1. The summed E-state index contributed by atoms with van der Waals surface area (Å²) in [4.78, 5) is 27.4. The molecule has 7 nitrogen and oxygen atoms in total. The Kier molecular flexibility index (Phi) is 7.26. The van der Waals surface area contributed by atoms with E-state index in [1.807, 2.05) is 85.8 Å². The van der Waals surface area contributed by atoms with E-state index in [9.17, 15) is 9.59 Å². The monoisotopic (exact) mass is 468 g/mol. The Morgan fingerprint density at radius 1 is 1.00 bits per heavy atom. The maximum atomic E-state index is 13.5. The first kappa shape index (κ1) is 23.8. The SMILES string of the molecule is COc1cccc(-c2nn(Cc3ccccc3)cc2C(=O)N(C)CC(=O)Nc2ccc(C)cc2)c1. The number of nitrogens with zero attached hydrogens (tertiary/aromatic N) is 3. The van der Waals surface area contributed by atoms with Crippen molar-refractivity contribution >= 4 is 17.5 Å². The molecule has 7 heteroatoms. The predicted octanol–water partition coefficient (Wildman–Crippen LogP) is 4.63. The van der Waals surface area contributed by atoms with Crippen molar-refractivity contribution in [1.29, 1.82) is 0 Å². The maximum absolute atomic E-state index is 13.5. The lowest BCUT2D eigenvalue weighted by Gasteiger charge is -2.17. The van der Waals surface area contributed by atoms with Crippen LogP contribution in [0.25, 0.3) is 11.3 Å². The molecule has 0 spiro atoms. The van der Waals surface area contributed by atoms with Gasteiger partial charge in [-0.1, -0.05) is 60.2 Å². The molecular formula is C28H28N4O3. The van der Waals surface area contributed by atoms with Gasteiger partial charge in [-0.3, -0.25) is 14.3 Å². The third-order valence-corrected chi connectivity index (χ3v) is 5.59. The molecule has 1 N–H and O–H groups in total. The van der Waals surface area contributed by atoms with Crippen molar-refractivity contribution in [2.45, 2.75) is 13.5 Å². The number of ether oxygens (including phenoxy) is 1. The average Bonchev–Trinajstić information content (AvgIpc) is 3.29. The fourth-order valence-electron chi connectivity index (χ4n) is 3.74. The Balaban J connectivity index is 1.58. The van der Waals surface area contributed by atoms with Gasteiger partial charge in [0.2, 0.25) is 5.91 Å². The summed E-state index contributed by atoms with van der Waals surface area (Å²) < 4.78 is 7.11. The normalized spacial score (nSPS) is 10.6. The quantitative estimate of drug-likeness (QED) is 0.409. The fourth-order valence-corrected chi connectivity index (χ4v) is 3.74. The summed E-state index contributed by atoms with van der Waals surface area (Å²) in [5.41, 5.74) is 4.58. The van der Waals surface area contributed by atoms with E-state index in [1.54, 1.807) is 25.0 Å². The van der Waals surface area contributed by atoms with Crippen LogP contribution in [0.3, 0.4) is 0 Å². The van der Waals surface area contributed by atoms with E-state index >= 15 is 0 Å². The molecule has 4 rings (SSSR count). The van der Waals surface area contributed by atoms with Gasteiger partial charge in [0.05, 0.1) is 25.8 Å². The number of anilines is 1. The molecule has 1 aromatic heterocycles. The molecule has 0 saturated carbocycles. The van der Waals surface area contributed by atoms with Crippen LogP contribution in [0.5, 0.6) is 5.75 Å². The highest BCUT2D eigenvalue weighted by Crippen LogP contribution is 2.27. The van der Waals surface area contributed by atoms with Gasteiger partial charge >= 0.3 is 0 Å². The molecule has 178 valence electrons. The second kappa shape index (κ2) is 10.7. The molecule has 4 aromatic rings. The van der Waals surface area contributed by atoms with Crippen molar-refractivity contribution in [2.24, 2.45) is 0 Å². The van der Waals surface area contributed by atoms with Crippen LogP contribution in [0.15, 0.2) is 85.1 Å². The molecule has 0 unspecified atom stereocenters. The van der Waals surface area contributed by atoms with Crippen LogP contribution in [0.2, 0.25) is 0 Å². The van der Waals surface area contributed by atoms with Gasteiger partial charge in [-0.05, 0) is 36.8 Å². The summed E-state index contributed by atoms with van der Waals surface area (Å²) in [5.74, 6) is 0.106. The summed E-state index contributed by atoms with van der Waals surface area (Å²) in [7, 11) is 3.21. The molecule has 0 fully saturated rings. The Morgan fingerprint density at radius 3 is 2.46 bits per heavy atom. The molecule has 0 bridgehead atoms. The van der Waals surface area contributed by atoms with Crippen LogP contribution in [-0.4, -0.2) is 47.2 Å². The summed E-state index contributed by atoms with van der Waals surface area (Å²) in [6.45, 7) is 2.41. The summed E-state index contributed by atoms with van der Waals surface area (Å²) >= 11 is 0. The van der Waals surface area contributed by atoms with Crippen LogP contribution >= 0.6 is 0 Å². The number of likely N-dealkylation sites (N-methyl/N-ethyl adjacent to an activating group) is 1. The number of amides is 2. The van der Waals surface area contributed by atoms with Crippen LogP contribution in [0.4, 0.5) is 5.69 Å². The number of rotatable bonds is 8. The van der Waals surface area contributed by atoms with E-state index in [2.05, 4.69) is 5.32 Å². The minimum atomic E-state index is -0.291. The second-order valence-electron chi connectivity index (χ2n) is 8.38. The zero-order valence-corrected chi connectivity index (χ0v) is 20.1. The molecule has 0 atom stereocenters. The molecule has 3 aromatic carbocycles. The van der Waals surface area contributed by atoms with Gasteiger partial charge in [-0.15, -0.1) is 0 Å². The van der Waals surface area contributed by atoms with E-state index in [0.717, 1.165) is 16.7 Å². The summed E-state index contributed by atoms with van der Waals surface area (Å²) in [6, 6.07) is 24.9. The van der Waals surface area contributed by atoms with E-state index in [-0.39, 0.29) is 18.4 Å². The minimum absolute atomic E-state index is 0.0892. The van der Waals surface area contributed by atoms with Gasteiger partial charge in [0.15, 0.2) is 0 Å². The number of methoxy groups -OCH3 is 1. The molecule has 1 heterocycles. The van der Waals surface area contributed by atoms with Crippen molar-refractivity contribution in [3.05, 3.63) is 102 Å². The van der Waals surface area contributed by atoms with Crippen molar-refractivity contribution in [2.75, 3.05) is 26.0 Å². The molecule has 0 aliphatic heterocycles. The van der Waals surface area contributed by atoms with Crippen LogP contribution in [0, 0.1) is 6.92 Å². The topological polar surface area (TPSA) is 76.5 Å². The van der Waals surface area contributed by atoms with E-state index in [0.29, 0.717) is 29.2 Å². The standard InChI is InChI=1S/C28H28N4O3/c1-20-12-14-23(15-13-20)29-26(33)19-31(2)28(34)25-18-32(17-21-8-5-4-6-9-21)30-27(25)22-10-7-11-24(16-22)35-3/h4-16,18H,17,19H2,1-3H3,(H,29,33). The second-order valence-corrected chi connectivity index (χ2v) is 8.38. The highest BCUT2D eigenvalue weighted by atomic mass is 16.5. The summed E-state index contributed by atoms with van der Waals surface area (Å²) in [5, 5.41) is 7.56. The van der Waals surface area contributed by atoms with Crippen LogP contribution in [0.1, 0.15) is 21.5 Å². The van der Waals surface area contributed by atoms with E-state index < -0.39 is 0 Å². The highest BCUT2D eigenvalue weighted by molar-refractivity contribution is 6.02. The molecule has 0 radical (unpaired) electrons. The molecule has 0 saturated heterocycles. The molecule has 0 aliphatic rings. The van der Waals surface area contributed by atoms with Crippen LogP contribution < -0.4 is 10.1 Å². The minimum Gasteiger partial charge on any atom is -0.497 e. The Hall–Kier alpha value is -4.39. The van der Waals surface area contributed by atoms with E-state index in [1.165, 1.54) is 4.90 Å². The first-order valence-corrected chi connectivity index (χ1v) is 11.3. The highest BCUT2D eigenvalue weighted by Gasteiger charge is 2.23. The van der Waals surface area contributed by atoms with Gasteiger partial charge in [-0.25, -0.2) is 0 Å². The molecular weight excluding hydrogens is 440 g/mol. The molecule has 2 amide bonds. The number of hydrogen-bond donors (Lipinski definition) is 1. The fraction of sp³-hybridized carbons (Fsp3) is 0.179. The number of nitrogens with one attached hydrogen (secondary N) is 1. The number of aryl methyl sites for hydroxylation is 1. The first-order valence-electron chi connectivity index (χ1n) is 11.3. The largest absolute Gasteiger partial charge is 0.497 e. The lowest BCUT2D eigenvalue weighted by molar-refractivity contribution is -0.116. The lowest BCUT2D eigenvalue weighted by Crippen LogP contribution is -2.35. The third kappa shape index (κ3) is 5.95. The number of carbonyl (C=O) groups excluding carboxylic acids is 2. The van der Waals surface area contributed by atoms with Crippen molar-refractivity contribution in [3.8, 4) is 17.0 Å². The van der Waals surface area contributed by atoms with Gasteiger partial charge in [-0.2, -0.15) is 5.10 Å². The number of benzene rings is 3. The van der Waals surface area contributed by atoms with Gasteiger partial charge < -0.3 is 15.0 Å². The smallest absolute Gasteiger partial charge is 0.257 e. The Labute approximate surface area is 205 Å². The van der Waals surface area contributed by atoms with Crippen molar-refractivity contribution < 1.29 is 14.3 Å². The average molecular weight is 469 g/mol. The third-order valence-electron chi connectivity index (χ3n) is 5.59. The first-order chi connectivity index (χ1) is 16.9.